The molecule has 4 aliphatic rings. The van der Waals surface area contributed by atoms with Gasteiger partial charge >= 0.3 is 0 Å². The highest BCUT2D eigenvalue weighted by molar-refractivity contribution is 7.92. The summed E-state index contributed by atoms with van der Waals surface area (Å²) >= 11 is 0. The Bertz CT molecular complexity index is 1170. The van der Waals surface area contributed by atoms with Gasteiger partial charge in [0.1, 0.15) is 5.82 Å². The Hall–Kier alpha value is -2.67. The Kier molecular flexibility index (Phi) is 6.95. The second-order valence-corrected chi connectivity index (χ2v) is 11.7. The fourth-order valence-electron chi connectivity index (χ4n) is 5.16. The summed E-state index contributed by atoms with van der Waals surface area (Å²) < 4.78 is 33.5. The highest BCUT2D eigenvalue weighted by Gasteiger charge is 2.52. The number of piperidine rings is 1. The molecule has 1 saturated carbocycles. The Morgan fingerprint density at radius 3 is 2.92 bits per heavy atom. The van der Waals surface area contributed by atoms with Gasteiger partial charge in [-0.05, 0) is 50.0 Å². The van der Waals surface area contributed by atoms with Gasteiger partial charge in [-0.15, -0.1) is 0 Å². The third kappa shape index (κ3) is 5.22. The maximum absolute atomic E-state index is 13.5. The molecule has 0 aromatic heterocycles. The second kappa shape index (κ2) is 10.0. The molecule has 1 aromatic carbocycles. The molecule has 4 bridgehead atoms. The van der Waals surface area contributed by atoms with Gasteiger partial charge in [0.25, 0.3) is 5.91 Å². The smallest absolute Gasteiger partial charge is 0.258 e. The number of amides is 1. The number of aliphatic hydroxyl groups is 1. The van der Waals surface area contributed by atoms with E-state index in [0.717, 1.165) is 38.8 Å². The van der Waals surface area contributed by atoms with Crippen LogP contribution in [0.2, 0.25) is 0 Å². The van der Waals surface area contributed by atoms with E-state index >= 15 is 0 Å². The summed E-state index contributed by atoms with van der Waals surface area (Å²) in [5.41, 5.74) is 1.65. The van der Waals surface area contributed by atoms with E-state index in [4.69, 9.17) is 9.84 Å². The van der Waals surface area contributed by atoms with Gasteiger partial charge in [-0.2, -0.15) is 0 Å². The van der Waals surface area contributed by atoms with Crippen LogP contribution in [0.5, 0.6) is 0 Å². The summed E-state index contributed by atoms with van der Waals surface area (Å²) in [6.07, 6.45) is 7.27. The van der Waals surface area contributed by atoms with Crippen molar-refractivity contribution in [3.63, 3.8) is 0 Å². The van der Waals surface area contributed by atoms with Gasteiger partial charge in [0.15, 0.2) is 6.29 Å². The molecule has 2 unspecified atom stereocenters. The van der Waals surface area contributed by atoms with Crippen LogP contribution in [0.25, 0.3) is 0 Å². The number of sulfonamides is 1. The quantitative estimate of drug-likeness (QED) is 0.457. The number of rotatable bonds is 4. The standard InChI is InChI=1S/C24H34N6O5S/c1-29-21-5-10-26-23(29)25-9-2-13-35-20-16-30(11-8-24(20)6-7-24)19-15-17(28-36(33,34)14-12-31)3-4-18(19)22(32)27-21/h3-5,10,15,20,23,25,28,31H,2,6-9,11-14,16H2,1H3,(H,27,32). The first-order valence-electron chi connectivity index (χ1n) is 12.4. The van der Waals surface area contributed by atoms with Crippen LogP contribution in [0, 0.1) is 5.41 Å². The number of nitrogens with one attached hydrogen (secondary N) is 3. The molecule has 1 spiro atoms. The van der Waals surface area contributed by atoms with E-state index in [9.17, 15) is 13.2 Å². The molecule has 1 amide bonds. The molecule has 2 fully saturated rings. The zero-order chi connectivity index (χ0) is 25.3. The minimum absolute atomic E-state index is 0.0460. The Morgan fingerprint density at radius 1 is 1.31 bits per heavy atom. The Balaban J connectivity index is 1.50. The predicted molar refractivity (Wildman–Crippen MR) is 137 cm³/mol. The average molecular weight is 519 g/mol. The molecule has 196 valence electrons. The minimum atomic E-state index is -3.71. The van der Waals surface area contributed by atoms with E-state index in [1.54, 1.807) is 30.5 Å². The number of hydrogen-bond acceptors (Lipinski definition) is 9. The molecular weight excluding hydrogens is 484 g/mol. The number of ether oxygens (including phenoxy) is 1. The van der Waals surface area contributed by atoms with E-state index in [0.29, 0.717) is 35.9 Å². The summed E-state index contributed by atoms with van der Waals surface area (Å²) in [4.78, 5) is 22.0. The molecule has 1 saturated heterocycles. The number of aliphatic imine (C=N–C) groups is 1. The van der Waals surface area contributed by atoms with Crippen LogP contribution in [0.4, 0.5) is 11.4 Å². The minimum Gasteiger partial charge on any atom is -0.395 e. The molecule has 12 heteroatoms. The molecule has 1 aliphatic carbocycles. The summed E-state index contributed by atoms with van der Waals surface area (Å²) in [5, 5.41) is 15.5. The number of aliphatic hydroxyl groups excluding tert-OH is 1. The van der Waals surface area contributed by atoms with Gasteiger partial charge in [0.05, 0.1) is 35.4 Å². The van der Waals surface area contributed by atoms with Crippen LogP contribution < -0.4 is 20.3 Å². The molecule has 4 N–H and O–H groups in total. The summed E-state index contributed by atoms with van der Waals surface area (Å²) in [6, 6.07) is 4.92. The first-order valence-corrected chi connectivity index (χ1v) is 14.1. The van der Waals surface area contributed by atoms with Crippen LogP contribution in [-0.2, 0) is 14.8 Å². The number of fused-ring (bicyclic) bond motifs is 7. The number of hydrogen-bond donors (Lipinski definition) is 4. The van der Waals surface area contributed by atoms with Crippen LogP contribution in [0.3, 0.4) is 0 Å². The first kappa shape index (κ1) is 25.0. The van der Waals surface area contributed by atoms with Crippen molar-refractivity contribution in [1.29, 1.82) is 0 Å². The predicted octanol–water partition coefficient (Wildman–Crippen LogP) is 0.660. The van der Waals surface area contributed by atoms with Crippen LogP contribution in [0.1, 0.15) is 36.0 Å². The van der Waals surface area contributed by atoms with E-state index in [1.165, 1.54) is 0 Å². The topological polar surface area (TPSA) is 136 Å². The van der Waals surface area contributed by atoms with E-state index < -0.39 is 22.4 Å². The molecule has 5 rings (SSSR count). The lowest BCUT2D eigenvalue weighted by atomic mass is 9.89. The van der Waals surface area contributed by atoms with E-state index in [1.807, 2.05) is 11.9 Å². The van der Waals surface area contributed by atoms with E-state index in [-0.39, 0.29) is 23.7 Å². The molecule has 3 aliphatic heterocycles. The van der Waals surface area contributed by atoms with Crippen LogP contribution in [-0.4, -0.2) is 88.6 Å². The molecule has 3 heterocycles. The molecule has 11 nitrogen and oxygen atoms in total. The average Bonchev–Trinajstić information content (AvgIpc) is 3.61. The van der Waals surface area contributed by atoms with E-state index in [2.05, 4.69) is 25.2 Å². The number of carbonyl (C=O) groups excluding carboxylic acids is 1. The van der Waals surface area contributed by atoms with Crippen molar-refractivity contribution in [3.05, 3.63) is 35.7 Å². The third-order valence-electron chi connectivity index (χ3n) is 7.47. The Morgan fingerprint density at radius 2 is 2.14 bits per heavy atom. The maximum Gasteiger partial charge on any atom is 0.258 e. The largest absolute Gasteiger partial charge is 0.395 e. The zero-order valence-corrected chi connectivity index (χ0v) is 21.3. The normalized spacial score (nSPS) is 25.8. The van der Waals surface area contributed by atoms with Crippen molar-refractivity contribution in [1.82, 2.24) is 15.5 Å². The fraction of sp³-hybridized carbons (Fsp3) is 0.583. The van der Waals surface area contributed by atoms with Crippen molar-refractivity contribution in [2.45, 2.75) is 38.1 Å². The lowest BCUT2D eigenvalue weighted by Crippen LogP contribution is -2.47. The number of nitrogens with zero attached hydrogens (tertiary/aromatic N) is 3. The molecule has 1 aromatic rings. The number of allylic oxidation sites excluding steroid dienone is 1. The van der Waals surface area contributed by atoms with Crippen molar-refractivity contribution in [2.75, 3.05) is 55.3 Å². The summed E-state index contributed by atoms with van der Waals surface area (Å²) in [7, 11) is -1.84. The van der Waals surface area contributed by atoms with Gasteiger partial charge < -0.3 is 25.0 Å². The van der Waals surface area contributed by atoms with Crippen LogP contribution in [0.15, 0.2) is 35.1 Å². The summed E-state index contributed by atoms with van der Waals surface area (Å²) in [6.45, 7) is 2.27. The molecule has 36 heavy (non-hydrogen) atoms. The van der Waals surface area contributed by atoms with Crippen molar-refractivity contribution in [3.8, 4) is 0 Å². The summed E-state index contributed by atoms with van der Waals surface area (Å²) in [5.74, 6) is -0.0732. The molecule has 2 atom stereocenters. The van der Waals surface area contributed by atoms with Gasteiger partial charge in [-0.25, -0.2) is 8.42 Å². The number of carbonyl (C=O) groups is 1. The van der Waals surface area contributed by atoms with Gasteiger partial charge in [-0.1, -0.05) is 0 Å². The second-order valence-electron chi connectivity index (χ2n) is 9.89. The lowest BCUT2D eigenvalue weighted by Gasteiger charge is -2.41. The van der Waals surface area contributed by atoms with Crippen molar-refractivity contribution in [2.24, 2.45) is 10.4 Å². The van der Waals surface area contributed by atoms with Gasteiger partial charge in [0.2, 0.25) is 10.0 Å². The molecular formula is C24H34N6O5S. The first-order chi connectivity index (χ1) is 17.3. The number of benzene rings is 1. The highest BCUT2D eigenvalue weighted by atomic mass is 32.2. The monoisotopic (exact) mass is 518 g/mol. The van der Waals surface area contributed by atoms with Gasteiger partial charge in [-0.3, -0.25) is 19.8 Å². The van der Waals surface area contributed by atoms with Crippen molar-refractivity contribution < 1.29 is 23.1 Å². The third-order valence-corrected chi connectivity index (χ3v) is 8.74. The SMILES string of the molecule is CN1C2=CC=NC1NCCCOC1CN(CCC13CC3)c1cc(NS(=O)(=O)CCO)ccc1C(=O)N2. The number of anilines is 2. The van der Waals surface area contributed by atoms with Crippen molar-refractivity contribution >= 4 is 33.5 Å². The molecule has 0 radical (unpaired) electrons. The highest BCUT2D eigenvalue weighted by Crippen LogP contribution is 2.55. The van der Waals surface area contributed by atoms with Crippen LogP contribution >= 0.6 is 0 Å². The lowest BCUT2D eigenvalue weighted by molar-refractivity contribution is -0.00713. The zero-order valence-electron chi connectivity index (χ0n) is 20.4. The maximum atomic E-state index is 13.5. The van der Waals surface area contributed by atoms with Gasteiger partial charge in [0, 0.05) is 44.9 Å². The fourth-order valence-corrected chi connectivity index (χ4v) is 5.99. The Labute approximate surface area is 211 Å².